The minimum Gasteiger partial charge on any atom is -0.438 e. The summed E-state index contributed by atoms with van der Waals surface area (Å²) in [4.78, 5) is 17.5. The molecule has 1 heterocycles. The van der Waals surface area contributed by atoms with E-state index in [2.05, 4.69) is 11.1 Å². The minimum atomic E-state index is -0.225. The van der Waals surface area contributed by atoms with Crippen LogP contribution in [-0.2, 0) is 6.54 Å². The molecule has 2 aromatic rings. The molecule has 5 nitrogen and oxygen atoms in total. The Morgan fingerprint density at radius 3 is 2.95 bits per heavy atom. The first-order chi connectivity index (χ1) is 9.11. The lowest BCUT2D eigenvalue weighted by atomic mass is 10.1. The summed E-state index contributed by atoms with van der Waals surface area (Å²) < 4.78 is 5.08. The van der Waals surface area contributed by atoms with E-state index < -0.39 is 0 Å². The fourth-order valence-corrected chi connectivity index (χ4v) is 1.77. The highest BCUT2D eigenvalue weighted by Crippen LogP contribution is 2.12. The Balaban J connectivity index is 2.13. The van der Waals surface area contributed by atoms with Gasteiger partial charge in [-0.05, 0) is 24.6 Å². The first-order valence-corrected chi connectivity index (χ1v) is 5.76. The van der Waals surface area contributed by atoms with Crippen molar-refractivity contribution < 1.29 is 9.21 Å². The topological polar surface area (TPSA) is 70.1 Å². The molecule has 96 valence electrons. The number of rotatable bonds is 3. The van der Waals surface area contributed by atoms with Gasteiger partial charge in [-0.1, -0.05) is 12.1 Å². The van der Waals surface area contributed by atoms with Gasteiger partial charge in [0.1, 0.15) is 0 Å². The van der Waals surface area contributed by atoms with Crippen molar-refractivity contribution in [2.75, 3.05) is 7.05 Å². The van der Waals surface area contributed by atoms with Gasteiger partial charge in [0.05, 0.1) is 17.3 Å². The van der Waals surface area contributed by atoms with Crippen molar-refractivity contribution in [2.24, 2.45) is 0 Å². The fourth-order valence-electron chi connectivity index (χ4n) is 1.77. The van der Waals surface area contributed by atoms with Gasteiger partial charge < -0.3 is 9.32 Å². The maximum Gasteiger partial charge on any atom is 0.291 e. The number of carbonyl (C=O) groups is 1. The number of aryl methyl sites for hydroxylation is 1. The van der Waals surface area contributed by atoms with E-state index in [1.54, 1.807) is 32.2 Å². The first-order valence-electron chi connectivity index (χ1n) is 5.76. The molecule has 1 aromatic carbocycles. The van der Waals surface area contributed by atoms with Crippen LogP contribution in [0.4, 0.5) is 0 Å². The molecule has 0 fully saturated rings. The van der Waals surface area contributed by atoms with Gasteiger partial charge in [-0.2, -0.15) is 5.26 Å². The van der Waals surface area contributed by atoms with Gasteiger partial charge in [-0.25, -0.2) is 4.98 Å². The molecule has 0 aliphatic carbocycles. The molecule has 2 rings (SSSR count). The van der Waals surface area contributed by atoms with E-state index in [0.29, 0.717) is 17.8 Å². The number of aromatic nitrogens is 1. The van der Waals surface area contributed by atoms with E-state index in [1.165, 1.54) is 11.3 Å². The summed E-state index contributed by atoms with van der Waals surface area (Å²) in [5.41, 5.74) is 2.05. The van der Waals surface area contributed by atoms with Crippen LogP contribution in [0.15, 0.2) is 35.1 Å². The zero-order valence-corrected chi connectivity index (χ0v) is 10.8. The lowest BCUT2D eigenvalue weighted by Crippen LogP contribution is -2.26. The number of amides is 1. The van der Waals surface area contributed by atoms with Crippen LogP contribution < -0.4 is 0 Å². The lowest BCUT2D eigenvalue weighted by molar-refractivity contribution is 0.0752. The van der Waals surface area contributed by atoms with E-state index in [-0.39, 0.29) is 11.7 Å². The minimum absolute atomic E-state index is 0.225. The van der Waals surface area contributed by atoms with Crippen molar-refractivity contribution in [3.63, 3.8) is 0 Å². The second kappa shape index (κ2) is 5.36. The summed E-state index contributed by atoms with van der Waals surface area (Å²) in [6, 6.07) is 9.23. The van der Waals surface area contributed by atoms with Gasteiger partial charge in [-0.15, -0.1) is 0 Å². The molecule has 19 heavy (non-hydrogen) atoms. The Hall–Kier alpha value is -2.61. The SMILES string of the molecule is Cc1ncoc1C(=O)N(C)Cc1cccc(C#N)c1. The molecule has 5 heteroatoms. The van der Waals surface area contributed by atoms with Crippen molar-refractivity contribution in [3.8, 4) is 6.07 Å². The summed E-state index contributed by atoms with van der Waals surface area (Å²) >= 11 is 0. The normalized spacial score (nSPS) is 9.95. The maximum absolute atomic E-state index is 12.1. The average Bonchev–Trinajstić information content (AvgIpc) is 2.84. The second-order valence-electron chi connectivity index (χ2n) is 4.24. The largest absolute Gasteiger partial charge is 0.438 e. The summed E-state index contributed by atoms with van der Waals surface area (Å²) in [6.07, 6.45) is 1.26. The van der Waals surface area contributed by atoms with E-state index >= 15 is 0 Å². The van der Waals surface area contributed by atoms with Crippen molar-refractivity contribution in [3.05, 3.63) is 53.2 Å². The third kappa shape index (κ3) is 2.80. The van der Waals surface area contributed by atoms with Crippen molar-refractivity contribution in [1.29, 1.82) is 5.26 Å². The highest BCUT2D eigenvalue weighted by atomic mass is 16.3. The van der Waals surface area contributed by atoms with Crippen molar-refractivity contribution in [2.45, 2.75) is 13.5 Å². The molecule has 0 aliphatic heterocycles. The number of nitriles is 1. The summed E-state index contributed by atoms with van der Waals surface area (Å²) in [5, 5.41) is 8.84. The molecule has 0 bridgehead atoms. The monoisotopic (exact) mass is 255 g/mol. The summed E-state index contributed by atoms with van der Waals surface area (Å²) in [6.45, 7) is 2.13. The van der Waals surface area contributed by atoms with Crippen LogP contribution in [-0.4, -0.2) is 22.8 Å². The first kappa shape index (κ1) is 12.8. The number of carbonyl (C=O) groups excluding carboxylic acids is 1. The van der Waals surface area contributed by atoms with Gasteiger partial charge in [0, 0.05) is 13.6 Å². The van der Waals surface area contributed by atoms with Crippen molar-refractivity contribution >= 4 is 5.91 Å². The molecular formula is C14H13N3O2. The molecule has 1 aromatic heterocycles. The zero-order valence-electron chi connectivity index (χ0n) is 10.8. The van der Waals surface area contributed by atoms with Crippen LogP contribution in [0.5, 0.6) is 0 Å². The summed E-state index contributed by atoms with van der Waals surface area (Å²) in [7, 11) is 1.68. The molecule has 0 unspecified atom stereocenters. The number of oxazole rings is 1. The molecular weight excluding hydrogens is 242 g/mol. The predicted octanol–water partition coefficient (Wildman–Crippen LogP) is 2.13. The third-order valence-corrected chi connectivity index (χ3v) is 2.76. The number of benzene rings is 1. The average molecular weight is 255 g/mol. The Labute approximate surface area is 111 Å². The molecule has 0 spiro atoms. The Kier molecular flexibility index (Phi) is 3.62. The maximum atomic E-state index is 12.1. The predicted molar refractivity (Wildman–Crippen MR) is 68.2 cm³/mol. The molecule has 0 N–H and O–H groups in total. The number of hydrogen-bond acceptors (Lipinski definition) is 4. The molecule has 1 amide bonds. The smallest absolute Gasteiger partial charge is 0.291 e. The van der Waals surface area contributed by atoms with Crippen LogP contribution in [0, 0.1) is 18.3 Å². The van der Waals surface area contributed by atoms with Crippen LogP contribution in [0.3, 0.4) is 0 Å². The van der Waals surface area contributed by atoms with E-state index in [9.17, 15) is 4.79 Å². The number of hydrogen-bond donors (Lipinski definition) is 0. The molecule has 0 saturated carbocycles. The van der Waals surface area contributed by atoms with E-state index in [0.717, 1.165) is 5.56 Å². The van der Waals surface area contributed by atoms with Gasteiger partial charge in [0.2, 0.25) is 5.76 Å². The molecule has 0 aliphatic rings. The zero-order chi connectivity index (χ0) is 13.8. The molecule has 0 atom stereocenters. The van der Waals surface area contributed by atoms with Gasteiger partial charge in [0.25, 0.3) is 5.91 Å². The fraction of sp³-hybridized carbons (Fsp3) is 0.214. The summed E-state index contributed by atoms with van der Waals surface area (Å²) in [5.74, 6) is 0.0244. The van der Waals surface area contributed by atoms with Crippen LogP contribution >= 0.6 is 0 Å². The van der Waals surface area contributed by atoms with Gasteiger partial charge in [0.15, 0.2) is 6.39 Å². The van der Waals surface area contributed by atoms with Crippen molar-refractivity contribution in [1.82, 2.24) is 9.88 Å². The third-order valence-electron chi connectivity index (χ3n) is 2.76. The number of nitrogens with zero attached hydrogens (tertiary/aromatic N) is 3. The standard InChI is InChI=1S/C14H13N3O2/c1-10-13(19-9-16-10)14(18)17(2)8-12-5-3-4-11(6-12)7-15/h3-6,9H,8H2,1-2H3. The quantitative estimate of drug-likeness (QED) is 0.842. The Bertz CT molecular complexity index is 640. The van der Waals surface area contributed by atoms with Gasteiger partial charge >= 0.3 is 0 Å². The van der Waals surface area contributed by atoms with Crippen LogP contribution in [0.25, 0.3) is 0 Å². The lowest BCUT2D eigenvalue weighted by Gasteiger charge is -2.16. The second-order valence-corrected chi connectivity index (χ2v) is 4.24. The highest BCUT2D eigenvalue weighted by molar-refractivity contribution is 5.92. The van der Waals surface area contributed by atoms with Crippen LogP contribution in [0.2, 0.25) is 0 Å². The van der Waals surface area contributed by atoms with Gasteiger partial charge in [-0.3, -0.25) is 4.79 Å². The van der Waals surface area contributed by atoms with E-state index in [4.69, 9.17) is 9.68 Å². The highest BCUT2D eigenvalue weighted by Gasteiger charge is 2.18. The van der Waals surface area contributed by atoms with E-state index in [1.807, 2.05) is 6.07 Å². The molecule has 0 radical (unpaired) electrons. The molecule has 0 saturated heterocycles. The Morgan fingerprint density at radius 1 is 1.53 bits per heavy atom. The Morgan fingerprint density at radius 2 is 2.32 bits per heavy atom. The van der Waals surface area contributed by atoms with Crippen LogP contribution in [0.1, 0.15) is 27.4 Å².